The van der Waals surface area contributed by atoms with Gasteiger partial charge in [-0.15, -0.1) is 0 Å². The summed E-state index contributed by atoms with van der Waals surface area (Å²) in [6.07, 6.45) is 3.17. The van der Waals surface area contributed by atoms with Crippen LogP contribution in [-0.2, 0) is 20.5 Å². The molecule has 0 atom stereocenters. The lowest BCUT2D eigenvalue weighted by Crippen LogP contribution is -2.37. The van der Waals surface area contributed by atoms with E-state index in [1.54, 1.807) is 19.2 Å². The van der Waals surface area contributed by atoms with E-state index in [2.05, 4.69) is 0 Å². The first-order valence-corrected chi connectivity index (χ1v) is 6.73. The van der Waals surface area contributed by atoms with Crippen LogP contribution in [0.3, 0.4) is 0 Å². The number of rotatable bonds is 1. The predicted octanol–water partition coefficient (Wildman–Crippen LogP) is 0.612. The lowest BCUT2D eigenvalue weighted by atomic mass is 10.1. The zero-order valence-electron chi connectivity index (χ0n) is 12.2. The first-order valence-electron chi connectivity index (χ1n) is 6.73. The summed E-state index contributed by atoms with van der Waals surface area (Å²) < 4.78 is 2.29. The maximum atomic E-state index is 12.3. The van der Waals surface area contributed by atoms with E-state index in [-0.39, 0.29) is 23.5 Å². The van der Waals surface area contributed by atoms with E-state index in [9.17, 15) is 19.5 Å². The molecule has 3 rings (SSSR count). The van der Waals surface area contributed by atoms with Crippen LogP contribution in [-0.4, -0.2) is 20.0 Å². The van der Waals surface area contributed by atoms with Crippen LogP contribution >= 0.6 is 0 Å². The number of aromatic nitrogens is 2. The highest BCUT2D eigenvalue weighted by Gasteiger charge is 2.27. The largest absolute Gasteiger partial charge is 0.508 e. The number of allylic oxidation sites excluding steroid dienone is 1. The normalized spacial score (nSPS) is 15.4. The number of aromatic hydroxyl groups is 1. The second-order valence-electron chi connectivity index (χ2n) is 5.32. The molecule has 6 heteroatoms. The van der Waals surface area contributed by atoms with E-state index in [1.807, 2.05) is 0 Å². The molecule has 1 N–H and O–H groups in total. The van der Waals surface area contributed by atoms with Gasteiger partial charge in [-0.1, -0.05) is 12.1 Å². The standard InChI is InChI=1S/C16H14N2O4/c1-17-8-10(15(21)18(2)16(17)22)6-9-7-12-11(14(9)20)4-3-5-13(12)19/h3-6,8,19H,7H2,1-2H3/b9-6+. The molecule has 0 saturated carbocycles. The molecule has 0 amide bonds. The van der Waals surface area contributed by atoms with Crippen molar-refractivity contribution in [3.8, 4) is 5.75 Å². The van der Waals surface area contributed by atoms with Gasteiger partial charge < -0.3 is 9.67 Å². The lowest BCUT2D eigenvalue weighted by molar-refractivity contribution is 0.104. The fraction of sp³-hybridized carbons (Fsp3) is 0.188. The van der Waals surface area contributed by atoms with Crippen molar-refractivity contribution in [1.82, 2.24) is 9.13 Å². The number of Topliss-reactive ketones (excluding diaryl/α,β-unsaturated/α-hetero) is 1. The predicted molar refractivity (Wildman–Crippen MR) is 81.0 cm³/mol. The number of benzene rings is 1. The third-order valence-electron chi connectivity index (χ3n) is 3.86. The van der Waals surface area contributed by atoms with Crippen LogP contribution in [0.25, 0.3) is 6.08 Å². The van der Waals surface area contributed by atoms with E-state index in [0.29, 0.717) is 16.7 Å². The minimum Gasteiger partial charge on any atom is -0.508 e. The summed E-state index contributed by atoms with van der Waals surface area (Å²) in [5.74, 6) is -0.135. The smallest absolute Gasteiger partial charge is 0.330 e. The number of phenolic OH excluding ortho intramolecular Hbond substituents is 1. The molecule has 0 saturated heterocycles. The van der Waals surface area contributed by atoms with E-state index >= 15 is 0 Å². The third-order valence-corrected chi connectivity index (χ3v) is 3.86. The second-order valence-corrected chi connectivity index (χ2v) is 5.32. The van der Waals surface area contributed by atoms with Crippen LogP contribution < -0.4 is 11.2 Å². The number of carbonyl (C=O) groups is 1. The molecule has 0 unspecified atom stereocenters. The number of hydrogen-bond donors (Lipinski definition) is 1. The van der Waals surface area contributed by atoms with Crippen molar-refractivity contribution in [3.63, 3.8) is 0 Å². The zero-order valence-corrected chi connectivity index (χ0v) is 12.2. The van der Waals surface area contributed by atoms with Gasteiger partial charge in [-0.25, -0.2) is 4.79 Å². The number of aryl methyl sites for hydroxylation is 1. The van der Waals surface area contributed by atoms with Crippen LogP contribution in [0.15, 0.2) is 39.6 Å². The molecular weight excluding hydrogens is 284 g/mol. The first kappa shape index (κ1) is 14.1. The molecular formula is C16H14N2O4. The number of hydrogen-bond acceptors (Lipinski definition) is 4. The number of fused-ring (bicyclic) bond motifs is 1. The molecule has 0 radical (unpaired) electrons. The van der Waals surface area contributed by atoms with Crippen LogP contribution in [0.2, 0.25) is 0 Å². The monoisotopic (exact) mass is 298 g/mol. The third kappa shape index (κ3) is 2.00. The van der Waals surface area contributed by atoms with Crippen molar-refractivity contribution in [2.45, 2.75) is 6.42 Å². The Hall–Kier alpha value is -2.89. The minimum absolute atomic E-state index is 0.0719. The number of ketones is 1. The molecule has 2 aromatic rings. The SMILES string of the molecule is Cn1cc(/C=C2\Cc3c(O)cccc3C2=O)c(=O)n(C)c1=O. The summed E-state index contributed by atoms with van der Waals surface area (Å²) in [5.41, 5.74) is 0.829. The Labute approximate surface area is 125 Å². The summed E-state index contributed by atoms with van der Waals surface area (Å²) >= 11 is 0. The summed E-state index contributed by atoms with van der Waals surface area (Å²) in [6.45, 7) is 0. The Kier molecular flexibility index (Phi) is 3.09. The Bertz CT molecular complexity index is 948. The highest BCUT2D eigenvalue weighted by molar-refractivity contribution is 6.15. The van der Waals surface area contributed by atoms with Gasteiger partial charge in [0.05, 0.1) is 5.56 Å². The van der Waals surface area contributed by atoms with Gasteiger partial charge in [0, 0.05) is 43.4 Å². The van der Waals surface area contributed by atoms with Crippen LogP contribution in [0.1, 0.15) is 21.5 Å². The van der Waals surface area contributed by atoms with Crippen molar-refractivity contribution in [2.75, 3.05) is 0 Å². The van der Waals surface area contributed by atoms with Gasteiger partial charge in [0.25, 0.3) is 5.56 Å². The molecule has 1 aliphatic carbocycles. The van der Waals surface area contributed by atoms with Gasteiger partial charge in [-0.3, -0.25) is 14.2 Å². The van der Waals surface area contributed by atoms with Crippen molar-refractivity contribution < 1.29 is 9.90 Å². The van der Waals surface area contributed by atoms with Gasteiger partial charge in [0.15, 0.2) is 5.78 Å². The van der Waals surface area contributed by atoms with Crippen molar-refractivity contribution in [3.05, 3.63) is 67.5 Å². The molecule has 1 aromatic heterocycles. The molecule has 22 heavy (non-hydrogen) atoms. The van der Waals surface area contributed by atoms with Gasteiger partial charge in [0.2, 0.25) is 0 Å². The van der Waals surface area contributed by atoms with Gasteiger partial charge >= 0.3 is 5.69 Å². The maximum absolute atomic E-state index is 12.3. The topological polar surface area (TPSA) is 81.3 Å². The molecule has 1 aliphatic rings. The molecule has 1 aromatic carbocycles. The Balaban J connectivity index is 2.14. The lowest BCUT2D eigenvalue weighted by Gasteiger charge is -2.04. The first-order chi connectivity index (χ1) is 10.4. The second kappa shape index (κ2) is 4.84. The zero-order chi connectivity index (χ0) is 16.0. The highest BCUT2D eigenvalue weighted by atomic mass is 16.3. The molecule has 0 aliphatic heterocycles. The summed E-state index contributed by atoms with van der Waals surface area (Å²) in [7, 11) is 2.94. The minimum atomic E-state index is -0.455. The summed E-state index contributed by atoms with van der Waals surface area (Å²) in [6, 6.07) is 4.79. The number of nitrogens with zero attached hydrogens (tertiary/aromatic N) is 2. The number of phenols is 1. The van der Waals surface area contributed by atoms with Gasteiger partial charge in [-0.2, -0.15) is 0 Å². The van der Waals surface area contributed by atoms with Crippen LogP contribution in [0.4, 0.5) is 0 Å². The van der Waals surface area contributed by atoms with E-state index in [4.69, 9.17) is 0 Å². The molecule has 112 valence electrons. The maximum Gasteiger partial charge on any atom is 0.330 e. The van der Waals surface area contributed by atoms with E-state index in [1.165, 1.54) is 30.0 Å². The Morgan fingerprint density at radius 1 is 1.18 bits per heavy atom. The van der Waals surface area contributed by atoms with Crippen LogP contribution in [0.5, 0.6) is 5.75 Å². The van der Waals surface area contributed by atoms with E-state index in [0.717, 1.165) is 4.57 Å². The summed E-state index contributed by atoms with van der Waals surface area (Å²) in [4.78, 5) is 36.1. The molecule has 0 bridgehead atoms. The number of carbonyl (C=O) groups excluding carboxylic acids is 1. The highest BCUT2D eigenvalue weighted by Crippen LogP contribution is 2.33. The Morgan fingerprint density at radius 3 is 2.59 bits per heavy atom. The average Bonchev–Trinajstić information content (AvgIpc) is 2.81. The summed E-state index contributed by atoms with van der Waals surface area (Å²) in [5, 5.41) is 9.82. The van der Waals surface area contributed by atoms with Crippen molar-refractivity contribution in [2.24, 2.45) is 14.1 Å². The fourth-order valence-electron chi connectivity index (χ4n) is 2.66. The average molecular weight is 298 g/mol. The molecule has 0 spiro atoms. The fourth-order valence-corrected chi connectivity index (χ4v) is 2.66. The molecule has 6 nitrogen and oxygen atoms in total. The molecule has 0 fully saturated rings. The van der Waals surface area contributed by atoms with Crippen molar-refractivity contribution >= 4 is 11.9 Å². The quantitative estimate of drug-likeness (QED) is 0.782. The van der Waals surface area contributed by atoms with Crippen LogP contribution in [0, 0.1) is 0 Å². The molecule has 1 heterocycles. The van der Waals surface area contributed by atoms with Gasteiger partial charge in [-0.05, 0) is 12.1 Å². The van der Waals surface area contributed by atoms with Gasteiger partial charge in [0.1, 0.15) is 5.75 Å². The van der Waals surface area contributed by atoms with Crippen molar-refractivity contribution in [1.29, 1.82) is 0 Å². The Morgan fingerprint density at radius 2 is 1.91 bits per heavy atom. The van der Waals surface area contributed by atoms with E-state index < -0.39 is 11.2 Å².